The maximum absolute atomic E-state index is 10.6. The van der Waals surface area contributed by atoms with Gasteiger partial charge in [0.2, 0.25) is 0 Å². The van der Waals surface area contributed by atoms with Crippen LogP contribution >= 0.6 is 0 Å². The zero-order valence-electron chi connectivity index (χ0n) is 19.1. The molecule has 2 heteroatoms. The molecule has 0 aromatic heterocycles. The summed E-state index contributed by atoms with van der Waals surface area (Å²) in [5.74, 6) is 2.69. The highest BCUT2D eigenvalue weighted by Gasteiger charge is 2.53. The topological polar surface area (TPSA) is 40.5 Å². The van der Waals surface area contributed by atoms with Gasteiger partial charge in [-0.15, -0.1) is 0 Å². The number of allylic oxidation sites excluding steroid dienone is 4. The van der Waals surface area contributed by atoms with E-state index >= 15 is 0 Å². The van der Waals surface area contributed by atoms with Crippen LogP contribution in [-0.2, 0) is 0 Å². The molecule has 3 rings (SSSR count). The van der Waals surface area contributed by atoms with Crippen molar-refractivity contribution >= 4 is 0 Å². The van der Waals surface area contributed by atoms with E-state index in [0.29, 0.717) is 24.4 Å². The Kier molecular flexibility index (Phi) is 7.84. The maximum Gasteiger partial charge on any atom is 0.0583 e. The van der Waals surface area contributed by atoms with Gasteiger partial charge in [0.05, 0.1) is 6.10 Å². The SMILES string of the molecule is C=C1CC[C@H](O)C/C1=C\C=C1/CCC[C@@]2(CO)[C@@H]([C@H](C)CCCC(C)C)CC[C@@H]12. The fourth-order valence-corrected chi connectivity index (χ4v) is 6.69. The van der Waals surface area contributed by atoms with E-state index in [1.165, 1.54) is 62.5 Å². The predicted molar refractivity (Wildman–Crippen MR) is 123 cm³/mol. The minimum absolute atomic E-state index is 0.100. The molecule has 0 unspecified atom stereocenters. The average Bonchev–Trinajstić information content (AvgIpc) is 3.09. The summed E-state index contributed by atoms with van der Waals surface area (Å²) in [6.45, 7) is 11.6. The lowest BCUT2D eigenvalue weighted by molar-refractivity contribution is 0.00746. The van der Waals surface area contributed by atoms with Gasteiger partial charge in [-0.2, -0.15) is 0 Å². The lowest BCUT2D eigenvalue weighted by Crippen LogP contribution is -2.41. The molecular weight excluding hydrogens is 356 g/mol. The second-order valence-electron chi connectivity index (χ2n) is 10.7. The van der Waals surface area contributed by atoms with Gasteiger partial charge < -0.3 is 10.2 Å². The maximum atomic E-state index is 10.6. The lowest BCUT2D eigenvalue weighted by Gasteiger charge is -2.46. The first kappa shape index (κ1) is 22.8. The zero-order chi connectivity index (χ0) is 21.0. The second kappa shape index (κ2) is 9.96. The van der Waals surface area contributed by atoms with E-state index in [1.54, 1.807) is 5.57 Å². The molecule has 0 aromatic carbocycles. The molecule has 0 aliphatic heterocycles. The number of aliphatic hydroxyl groups excluding tert-OH is 2. The highest BCUT2D eigenvalue weighted by molar-refractivity contribution is 5.36. The molecular formula is C27H44O2. The average molecular weight is 401 g/mol. The molecule has 0 radical (unpaired) electrons. The number of hydrogen-bond acceptors (Lipinski definition) is 2. The summed E-state index contributed by atoms with van der Waals surface area (Å²) in [6.07, 6.45) is 16.9. The number of fused-ring (bicyclic) bond motifs is 1. The summed E-state index contributed by atoms with van der Waals surface area (Å²) in [6, 6.07) is 0. The van der Waals surface area contributed by atoms with E-state index in [-0.39, 0.29) is 11.5 Å². The van der Waals surface area contributed by atoms with Crippen molar-refractivity contribution in [1.29, 1.82) is 0 Å². The Morgan fingerprint density at radius 3 is 2.62 bits per heavy atom. The molecule has 2 N–H and O–H groups in total. The van der Waals surface area contributed by atoms with Crippen LogP contribution in [0.4, 0.5) is 0 Å². The minimum atomic E-state index is -0.212. The highest BCUT2D eigenvalue weighted by atomic mass is 16.3. The summed E-state index contributed by atoms with van der Waals surface area (Å²) in [5, 5.41) is 20.6. The number of rotatable bonds is 7. The van der Waals surface area contributed by atoms with Gasteiger partial charge in [0.1, 0.15) is 0 Å². The molecule has 0 heterocycles. The third-order valence-corrected chi connectivity index (χ3v) is 8.36. The number of hydrogen-bond donors (Lipinski definition) is 2. The minimum Gasteiger partial charge on any atom is -0.396 e. The van der Waals surface area contributed by atoms with Crippen LogP contribution < -0.4 is 0 Å². The Bertz CT molecular complexity index is 628. The van der Waals surface area contributed by atoms with Crippen molar-refractivity contribution in [2.45, 2.75) is 97.5 Å². The summed E-state index contributed by atoms with van der Waals surface area (Å²) in [4.78, 5) is 0. The third kappa shape index (κ3) is 5.07. The fraction of sp³-hybridized carbons (Fsp3) is 0.778. The molecule has 5 atom stereocenters. The largest absolute Gasteiger partial charge is 0.396 e. The molecule has 3 saturated carbocycles. The Morgan fingerprint density at radius 1 is 1.10 bits per heavy atom. The Labute approximate surface area is 179 Å². The second-order valence-corrected chi connectivity index (χ2v) is 10.7. The van der Waals surface area contributed by atoms with Crippen molar-refractivity contribution in [3.63, 3.8) is 0 Å². The Morgan fingerprint density at radius 2 is 1.90 bits per heavy atom. The molecule has 0 amide bonds. The van der Waals surface area contributed by atoms with Crippen molar-refractivity contribution in [3.8, 4) is 0 Å². The zero-order valence-corrected chi connectivity index (χ0v) is 19.1. The molecule has 3 aliphatic rings. The van der Waals surface area contributed by atoms with Crippen LogP contribution in [0.1, 0.15) is 91.4 Å². The molecule has 0 spiro atoms. The van der Waals surface area contributed by atoms with E-state index in [0.717, 1.165) is 25.2 Å². The first-order valence-electron chi connectivity index (χ1n) is 12.2. The summed E-state index contributed by atoms with van der Waals surface area (Å²) < 4.78 is 0. The third-order valence-electron chi connectivity index (χ3n) is 8.36. The number of aliphatic hydroxyl groups is 2. The van der Waals surface area contributed by atoms with Gasteiger partial charge in [-0.25, -0.2) is 0 Å². The van der Waals surface area contributed by atoms with Gasteiger partial charge in [0.15, 0.2) is 0 Å². The predicted octanol–water partition coefficient (Wildman–Crippen LogP) is 6.59. The Balaban J connectivity index is 1.74. The van der Waals surface area contributed by atoms with Crippen molar-refractivity contribution < 1.29 is 10.2 Å². The van der Waals surface area contributed by atoms with Crippen LogP contribution in [0, 0.1) is 29.1 Å². The van der Waals surface area contributed by atoms with Crippen LogP contribution in [0.5, 0.6) is 0 Å². The smallest absolute Gasteiger partial charge is 0.0583 e. The van der Waals surface area contributed by atoms with Crippen LogP contribution in [-0.4, -0.2) is 22.9 Å². The van der Waals surface area contributed by atoms with Gasteiger partial charge in [0, 0.05) is 12.0 Å². The van der Waals surface area contributed by atoms with Crippen molar-refractivity contribution in [1.82, 2.24) is 0 Å². The Hall–Kier alpha value is -0.860. The van der Waals surface area contributed by atoms with Crippen LogP contribution in [0.15, 0.2) is 35.5 Å². The van der Waals surface area contributed by atoms with Gasteiger partial charge >= 0.3 is 0 Å². The van der Waals surface area contributed by atoms with E-state index in [4.69, 9.17) is 0 Å². The molecule has 164 valence electrons. The van der Waals surface area contributed by atoms with Gasteiger partial charge in [-0.05, 0) is 80.6 Å². The van der Waals surface area contributed by atoms with Gasteiger partial charge in [-0.1, -0.05) is 69.9 Å². The van der Waals surface area contributed by atoms with E-state index in [9.17, 15) is 10.2 Å². The van der Waals surface area contributed by atoms with Crippen molar-refractivity contribution in [3.05, 3.63) is 35.5 Å². The molecule has 0 saturated heterocycles. The quantitative estimate of drug-likeness (QED) is 0.506. The van der Waals surface area contributed by atoms with Gasteiger partial charge in [0.25, 0.3) is 0 Å². The normalized spacial score (nSPS) is 36.8. The van der Waals surface area contributed by atoms with Crippen molar-refractivity contribution in [2.75, 3.05) is 6.61 Å². The summed E-state index contributed by atoms with van der Waals surface area (Å²) in [5.41, 5.74) is 4.07. The summed E-state index contributed by atoms with van der Waals surface area (Å²) >= 11 is 0. The molecule has 29 heavy (non-hydrogen) atoms. The van der Waals surface area contributed by atoms with E-state index < -0.39 is 0 Å². The fourth-order valence-electron chi connectivity index (χ4n) is 6.69. The van der Waals surface area contributed by atoms with Gasteiger partial charge in [-0.3, -0.25) is 0 Å². The van der Waals surface area contributed by atoms with E-state index in [1.807, 2.05) is 0 Å². The molecule has 0 aromatic rings. The standard InChI is InChI=1S/C27H44O2/c1-19(2)7-5-8-21(4)25-14-15-26-22(9-6-16-27(25,26)18-28)11-12-23-17-24(29)13-10-20(23)3/h11-12,19,21,24-26,28-29H,3,5-10,13-18H2,1-2,4H3/b22-11+,23-12+/t21-,24+,25-,26+,27-/m1/s1. The van der Waals surface area contributed by atoms with Crippen LogP contribution in [0.25, 0.3) is 0 Å². The van der Waals surface area contributed by atoms with Crippen molar-refractivity contribution in [2.24, 2.45) is 29.1 Å². The first-order chi connectivity index (χ1) is 13.9. The highest BCUT2D eigenvalue weighted by Crippen LogP contribution is 2.60. The molecule has 3 aliphatic carbocycles. The molecule has 2 nitrogen and oxygen atoms in total. The first-order valence-corrected chi connectivity index (χ1v) is 12.2. The molecule has 3 fully saturated rings. The summed E-state index contributed by atoms with van der Waals surface area (Å²) in [7, 11) is 0. The van der Waals surface area contributed by atoms with Crippen LogP contribution in [0.2, 0.25) is 0 Å². The monoisotopic (exact) mass is 400 g/mol. The molecule has 0 bridgehead atoms. The van der Waals surface area contributed by atoms with Crippen LogP contribution in [0.3, 0.4) is 0 Å². The lowest BCUT2D eigenvalue weighted by atomic mass is 9.60. The van der Waals surface area contributed by atoms with E-state index in [2.05, 4.69) is 39.5 Å².